The van der Waals surface area contributed by atoms with E-state index in [1.54, 1.807) is 6.07 Å². The molecule has 2 aromatic rings. The third-order valence-corrected chi connectivity index (χ3v) is 4.63. The summed E-state index contributed by atoms with van der Waals surface area (Å²) < 4.78 is 1.20. The van der Waals surface area contributed by atoms with Crippen molar-refractivity contribution in [2.24, 2.45) is 0 Å². The average Bonchev–Trinajstić information content (AvgIpc) is 2.28. The summed E-state index contributed by atoms with van der Waals surface area (Å²) in [6.07, 6.45) is 0. The van der Waals surface area contributed by atoms with Crippen LogP contribution < -0.4 is 0 Å². The highest BCUT2D eigenvalue weighted by Crippen LogP contribution is 2.36. The Morgan fingerprint density at radius 1 is 1.06 bits per heavy atom. The minimum absolute atomic E-state index is 0.0852. The van der Waals surface area contributed by atoms with Crippen molar-refractivity contribution in [1.29, 1.82) is 0 Å². The highest BCUT2D eigenvalue weighted by Gasteiger charge is 2.14. The Kier molecular flexibility index (Phi) is 4.75. The molecular formula is C13H8BrCl2I. The first-order chi connectivity index (χ1) is 8.08. The molecule has 0 fully saturated rings. The minimum Gasteiger partial charge on any atom is -0.0843 e. The van der Waals surface area contributed by atoms with E-state index in [1.807, 2.05) is 18.2 Å². The third kappa shape index (κ3) is 3.37. The summed E-state index contributed by atoms with van der Waals surface area (Å²) in [6.45, 7) is 0. The lowest BCUT2D eigenvalue weighted by atomic mass is 10.1. The smallest absolute Gasteiger partial charge is 0.0659 e. The van der Waals surface area contributed by atoms with Crippen molar-refractivity contribution in [3.8, 4) is 0 Å². The van der Waals surface area contributed by atoms with Gasteiger partial charge in [0.05, 0.1) is 4.83 Å². The van der Waals surface area contributed by atoms with Crippen LogP contribution in [0.1, 0.15) is 16.0 Å². The number of hydrogen-bond donors (Lipinski definition) is 0. The molecule has 0 saturated heterocycles. The maximum absolute atomic E-state index is 6.20. The standard InChI is InChI=1S/C13H8BrCl2I/c14-13(8-2-1-3-10(17)6-8)11-5-4-9(15)7-12(11)16/h1-7,13H. The molecule has 1 atom stereocenters. The maximum Gasteiger partial charge on any atom is 0.0659 e. The molecule has 2 rings (SSSR count). The zero-order valence-electron chi connectivity index (χ0n) is 8.63. The molecule has 0 aromatic heterocycles. The van der Waals surface area contributed by atoms with Crippen molar-refractivity contribution in [3.05, 3.63) is 67.2 Å². The molecule has 0 bridgehead atoms. The molecule has 0 aliphatic heterocycles. The van der Waals surface area contributed by atoms with E-state index in [9.17, 15) is 0 Å². The quantitative estimate of drug-likeness (QED) is 0.391. The van der Waals surface area contributed by atoms with Crippen LogP contribution in [0.2, 0.25) is 10.0 Å². The van der Waals surface area contributed by atoms with E-state index in [1.165, 1.54) is 9.13 Å². The van der Waals surface area contributed by atoms with Gasteiger partial charge in [-0.25, -0.2) is 0 Å². The molecule has 0 heterocycles. The topological polar surface area (TPSA) is 0 Å². The van der Waals surface area contributed by atoms with Gasteiger partial charge < -0.3 is 0 Å². The Bertz CT molecular complexity index is 543. The molecule has 1 unspecified atom stereocenters. The van der Waals surface area contributed by atoms with E-state index < -0.39 is 0 Å². The highest BCUT2D eigenvalue weighted by atomic mass is 127. The highest BCUT2D eigenvalue weighted by molar-refractivity contribution is 14.1. The predicted octanol–water partition coefficient (Wildman–Crippen LogP) is 6.08. The normalized spacial score (nSPS) is 12.5. The van der Waals surface area contributed by atoms with Crippen LogP contribution in [-0.4, -0.2) is 0 Å². The van der Waals surface area contributed by atoms with Gasteiger partial charge in [-0.2, -0.15) is 0 Å². The average molecular weight is 442 g/mol. The largest absolute Gasteiger partial charge is 0.0843 e. The summed E-state index contributed by atoms with van der Waals surface area (Å²) in [5.41, 5.74) is 2.21. The lowest BCUT2D eigenvalue weighted by Crippen LogP contribution is -1.94. The Balaban J connectivity index is 2.40. The van der Waals surface area contributed by atoms with E-state index >= 15 is 0 Å². The Labute approximate surface area is 133 Å². The maximum atomic E-state index is 6.20. The molecule has 2 aromatic carbocycles. The van der Waals surface area contributed by atoms with Crippen molar-refractivity contribution in [2.75, 3.05) is 0 Å². The summed E-state index contributed by atoms with van der Waals surface area (Å²) in [6, 6.07) is 13.9. The molecule has 0 spiro atoms. The lowest BCUT2D eigenvalue weighted by Gasteiger charge is -2.13. The molecule has 4 heteroatoms. The first-order valence-corrected chi connectivity index (χ1v) is 7.67. The summed E-state index contributed by atoms with van der Waals surface area (Å²) in [5.74, 6) is 0. The van der Waals surface area contributed by atoms with E-state index in [0.717, 1.165) is 5.56 Å². The van der Waals surface area contributed by atoms with Crippen molar-refractivity contribution in [2.45, 2.75) is 4.83 Å². The summed E-state index contributed by atoms with van der Waals surface area (Å²) in [4.78, 5) is 0.0852. The molecule has 17 heavy (non-hydrogen) atoms. The van der Waals surface area contributed by atoms with Crippen LogP contribution in [0.25, 0.3) is 0 Å². The number of halogens is 4. The monoisotopic (exact) mass is 440 g/mol. The molecule has 0 radical (unpaired) electrons. The van der Waals surface area contributed by atoms with Crippen LogP contribution >= 0.6 is 61.7 Å². The van der Waals surface area contributed by atoms with Crippen LogP contribution in [0.4, 0.5) is 0 Å². The van der Waals surface area contributed by atoms with Crippen LogP contribution in [0.5, 0.6) is 0 Å². The zero-order chi connectivity index (χ0) is 12.4. The van der Waals surface area contributed by atoms with Gasteiger partial charge in [0.15, 0.2) is 0 Å². The van der Waals surface area contributed by atoms with E-state index in [4.69, 9.17) is 23.2 Å². The second-order valence-electron chi connectivity index (χ2n) is 3.58. The fourth-order valence-electron chi connectivity index (χ4n) is 1.55. The molecule has 0 saturated carbocycles. The van der Waals surface area contributed by atoms with Crippen molar-refractivity contribution >= 4 is 61.7 Å². The second kappa shape index (κ2) is 5.91. The van der Waals surface area contributed by atoms with Crippen LogP contribution in [0.15, 0.2) is 42.5 Å². The third-order valence-electron chi connectivity index (χ3n) is 2.38. The van der Waals surface area contributed by atoms with E-state index in [2.05, 4.69) is 56.7 Å². The molecule has 0 aliphatic rings. The van der Waals surface area contributed by atoms with Crippen molar-refractivity contribution in [1.82, 2.24) is 0 Å². The van der Waals surface area contributed by atoms with Crippen LogP contribution in [0.3, 0.4) is 0 Å². The summed E-state index contributed by atoms with van der Waals surface area (Å²) in [7, 11) is 0. The fraction of sp³-hybridized carbons (Fsp3) is 0.0769. The van der Waals surface area contributed by atoms with Gasteiger partial charge in [0.25, 0.3) is 0 Å². The zero-order valence-corrected chi connectivity index (χ0v) is 13.9. The number of alkyl halides is 1. The molecule has 0 N–H and O–H groups in total. The van der Waals surface area contributed by atoms with Crippen molar-refractivity contribution in [3.63, 3.8) is 0 Å². The summed E-state index contributed by atoms with van der Waals surface area (Å²) in [5, 5.41) is 1.33. The van der Waals surface area contributed by atoms with Gasteiger partial charge >= 0.3 is 0 Å². The number of benzene rings is 2. The molecule has 88 valence electrons. The number of rotatable bonds is 2. The molecule has 0 aliphatic carbocycles. The Hall–Kier alpha value is 0.230. The van der Waals surface area contributed by atoms with Gasteiger partial charge in [-0.3, -0.25) is 0 Å². The first-order valence-electron chi connectivity index (χ1n) is 4.92. The molecule has 0 amide bonds. The fourth-order valence-corrected chi connectivity index (χ4v) is 3.45. The van der Waals surface area contributed by atoms with Crippen LogP contribution in [-0.2, 0) is 0 Å². The SMILES string of the molecule is Clc1ccc(C(Br)c2cccc(I)c2)c(Cl)c1. The van der Waals surface area contributed by atoms with Gasteiger partial charge in [-0.15, -0.1) is 0 Å². The van der Waals surface area contributed by atoms with E-state index in [0.29, 0.717) is 10.0 Å². The number of hydrogen-bond acceptors (Lipinski definition) is 0. The lowest BCUT2D eigenvalue weighted by molar-refractivity contribution is 1.17. The Morgan fingerprint density at radius 3 is 2.47 bits per heavy atom. The van der Waals surface area contributed by atoms with Gasteiger partial charge in [0.2, 0.25) is 0 Å². The Morgan fingerprint density at radius 2 is 1.82 bits per heavy atom. The summed E-state index contributed by atoms with van der Waals surface area (Å²) >= 11 is 18.1. The van der Waals surface area contributed by atoms with E-state index in [-0.39, 0.29) is 4.83 Å². The van der Waals surface area contributed by atoms with Gasteiger partial charge in [0, 0.05) is 13.6 Å². The van der Waals surface area contributed by atoms with Crippen molar-refractivity contribution < 1.29 is 0 Å². The van der Waals surface area contributed by atoms with Gasteiger partial charge in [-0.1, -0.05) is 57.3 Å². The van der Waals surface area contributed by atoms with Crippen LogP contribution in [0, 0.1) is 3.57 Å². The minimum atomic E-state index is 0.0852. The first kappa shape index (κ1) is 13.7. The second-order valence-corrected chi connectivity index (χ2v) is 6.59. The predicted molar refractivity (Wildman–Crippen MR) is 86.4 cm³/mol. The molecular weight excluding hydrogens is 434 g/mol. The van der Waals surface area contributed by atoms with Gasteiger partial charge in [0.1, 0.15) is 0 Å². The van der Waals surface area contributed by atoms with Gasteiger partial charge in [-0.05, 0) is 58.0 Å². The molecule has 0 nitrogen and oxygen atoms in total.